The highest BCUT2D eigenvalue weighted by Crippen LogP contribution is 2.24. The highest BCUT2D eigenvalue weighted by molar-refractivity contribution is 7.16. The minimum absolute atomic E-state index is 0.470. The third-order valence-electron chi connectivity index (χ3n) is 2.99. The van der Waals surface area contributed by atoms with Crippen molar-refractivity contribution in [1.82, 2.24) is 19.7 Å². The number of fused-ring (bicyclic) bond motifs is 1. The Balaban J connectivity index is 2.03. The third-order valence-corrected chi connectivity index (χ3v) is 4.34. The average molecular weight is 294 g/mol. The Bertz CT molecular complexity index is 761. The molecule has 2 N–H and O–H groups in total. The number of thiophene rings is 1. The van der Waals surface area contributed by atoms with Crippen molar-refractivity contribution in [2.75, 3.05) is 5.73 Å². The fourth-order valence-electron chi connectivity index (χ4n) is 1.96. The Kier molecular flexibility index (Phi) is 2.91. The number of anilines is 1. The van der Waals surface area contributed by atoms with E-state index >= 15 is 0 Å². The van der Waals surface area contributed by atoms with Gasteiger partial charge >= 0.3 is 0 Å². The lowest BCUT2D eigenvalue weighted by atomic mass is 10.3. The van der Waals surface area contributed by atoms with Crippen molar-refractivity contribution < 1.29 is 0 Å². The van der Waals surface area contributed by atoms with Crippen LogP contribution in [0.5, 0.6) is 0 Å². The van der Waals surface area contributed by atoms with Crippen LogP contribution >= 0.6 is 22.9 Å². The Morgan fingerprint density at radius 1 is 1.37 bits per heavy atom. The molecule has 0 radical (unpaired) electrons. The zero-order chi connectivity index (χ0) is 13.6. The van der Waals surface area contributed by atoms with Crippen molar-refractivity contribution >= 4 is 39.0 Å². The van der Waals surface area contributed by atoms with Gasteiger partial charge in [-0.3, -0.25) is 4.68 Å². The predicted molar refractivity (Wildman–Crippen MR) is 77.6 cm³/mol. The molecule has 0 aliphatic rings. The van der Waals surface area contributed by atoms with E-state index < -0.39 is 0 Å². The Morgan fingerprint density at radius 2 is 2.16 bits per heavy atom. The van der Waals surface area contributed by atoms with Crippen LogP contribution in [0.3, 0.4) is 0 Å². The van der Waals surface area contributed by atoms with Gasteiger partial charge in [0.2, 0.25) is 0 Å². The first kappa shape index (κ1) is 12.4. The number of aryl methyl sites for hydroxylation is 1. The van der Waals surface area contributed by atoms with Gasteiger partial charge in [0.15, 0.2) is 5.82 Å². The maximum atomic E-state index is 6.13. The molecule has 0 bridgehead atoms. The number of aromatic nitrogens is 4. The van der Waals surface area contributed by atoms with Gasteiger partial charge in [0.1, 0.15) is 17.2 Å². The second kappa shape index (κ2) is 4.47. The van der Waals surface area contributed by atoms with E-state index in [1.165, 1.54) is 0 Å². The van der Waals surface area contributed by atoms with Gasteiger partial charge in [-0.25, -0.2) is 9.97 Å². The number of hydrogen-bond donors (Lipinski definition) is 1. The van der Waals surface area contributed by atoms with Gasteiger partial charge in [-0.2, -0.15) is 5.10 Å². The van der Waals surface area contributed by atoms with Gasteiger partial charge in [-0.1, -0.05) is 11.6 Å². The molecule has 0 aliphatic heterocycles. The first-order chi connectivity index (χ1) is 9.06. The van der Waals surface area contributed by atoms with Crippen molar-refractivity contribution in [2.24, 2.45) is 0 Å². The topological polar surface area (TPSA) is 69.6 Å². The smallest absolute Gasteiger partial charge is 0.153 e. The van der Waals surface area contributed by atoms with E-state index in [-0.39, 0.29) is 0 Å². The number of nitrogens with two attached hydrogens (primary N) is 1. The Labute approximate surface area is 119 Å². The number of rotatable bonds is 2. The van der Waals surface area contributed by atoms with Crippen molar-refractivity contribution in [3.63, 3.8) is 0 Å². The third kappa shape index (κ3) is 2.06. The summed E-state index contributed by atoms with van der Waals surface area (Å²) in [5, 5.41) is 7.92. The van der Waals surface area contributed by atoms with Crippen LogP contribution in [-0.4, -0.2) is 19.7 Å². The van der Waals surface area contributed by atoms with Crippen molar-refractivity contribution in [3.8, 4) is 0 Å². The van der Waals surface area contributed by atoms with E-state index in [2.05, 4.69) is 15.1 Å². The van der Waals surface area contributed by atoms with Gasteiger partial charge in [-0.05, 0) is 25.3 Å². The van der Waals surface area contributed by atoms with E-state index in [1.54, 1.807) is 16.0 Å². The maximum absolute atomic E-state index is 6.13. The highest BCUT2D eigenvalue weighted by atomic mass is 35.5. The molecule has 19 heavy (non-hydrogen) atoms. The molecule has 3 aromatic rings. The number of halogens is 1. The lowest BCUT2D eigenvalue weighted by Gasteiger charge is -2.05. The minimum atomic E-state index is 0.470. The van der Waals surface area contributed by atoms with Gasteiger partial charge < -0.3 is 5.73 Å². The lowest BCUT2D eigenvalue weighted by Crippen LogP contribution is -2.09. The molecule has 3 heterocycles. The van der Waals surface area contributed by atoms with Crippen molar-refractivity contribution in [3.05, 3.63) is 33.7 Å². The summed E-state index contributed by atoms with van der Waals surface area (Å²) in [5.74, 6) is 1.16. The van der Waals surface area contributed by atoms with Crippen LogP contribution in [0.25, 0.3) is 10.2 Å². The summed E-state index contributed by atoms with van der Waals surface area (Å²) in [6.07, 6.45) is 0. The molecular weight excluding hydrogens is 282 g/mol. The van der Waals surface area contributed by atoms with Gasteiger partial charge in [0.25, 0.3) is 0 Å². The first-order valence-electron chi connectivity index (χ1n) is 5.75. The van der Waals surface area contributed by atoms with Crippen molar-refractivity contribution in [2.45, 2.75) is 20.4 Å². The molecule has 3 aromatic heterocycles. The molecule has 5 nitrogen and oxygen atoms in total. The summed E-state index contributed by atoms with van der Waals surface area (Å²) in [7, 11) is 0. The lowest BCUT2D eigenvalue weighted by molar-refractivity contribution is 0.635. The Morgan fingerprint density at radius 3 is 2.84 bits per heavy atom. The molecule has 0 unspecified atom stereocenters. The molecule has 3 rings (SSSR count). The van der Waals surface area contributed by atoms with Gasteiger partial charge in [0.05, 0.1) is 21.8 Å². The largest absolute Gasteiger partial charge is 0.383 e. The number of nitrogens with zero attached hydrogens (tertiary/aromatic N) is 4. The SMILES string of the molecule is Cc1nn(Cc2nc(N)c3ccsc3n2)c(C)c1Cl. The maximum Gasteiger partial charge on any atom is 0.153 e. The zero-order valence-electron chi connectivity index (χ0n) is 10.5. The van der Waals surface area contributed by atoms with Crippen LogP contribution in [0.4, 0.5) is 5.82 Å². The van der Waals surface area contributed by atoms with Crippen LogP contribution < -0.4 is 5.73 Å². The molecule has 0 amide bonds. The van der Waals surface area contributed by atoms with E-state index in [0.717, 1.165) is 21.6 Å². The summed E-state index contributed by atoms with van der Waals surface area (Å²) in [4.78, 5) is 9.71. The molecule has 0 saturated heterocycles. The highest BCUT2D eigenvalue weighted by Gasteiger charge is 2.12. The van der Waals surface area contributed by atoms with E-state index in [9.17, 15) is 0 Å². The van der Waals surface area contributed by atoms with E-state index in [0.29, 0.717) is 23.2 Å². The first-order valence-corrected chi connectivity index (χ1v) is 7.01. The van der Waals surface area contributed by atoms with Crippen LogP contribution in [-0.2, 0) is 6.54 Å². The predicted octanol–water partition coefficient (Wildman–Crippen LogP) is 2.79. The van der Waals surface area contributed by atoms with Crippen LogP contribution in [0.2, 0.25) is 5.02 Å². The fraction of sp³-hybridized carbons (Fsp3) is 0.250. The van der Waals surface area contributed by atoms with Gasteiger partial charge in [-0.15, -0.1) is 11.3 Å². The molecule has 0 aliphatic carbocycles. The minimum Gasteiger partial charge on any atom is -0.383 e. The fourth-order valence-corrected chi connectivity index (χ4v) is 2.88. The summed E-state index contributed by atoms with van der Waals surface area (Å²) in [6, 6.07) is 1.93. The van der Waals surface area contributed by atoms with Gasteiger partial charge in [0, 0.05) is 0 Å². The molecular formula is C12H12ClN5S. The molecule has 0 aromatic carbocycles. The molecule has 7 heteroatoms. The second-order valence-electron chi connectivity index (χ2n) is 4.31. The monoisotopic (exact) mass is 293 g/mol. The Hall–Kier alpha value is -1.66. The zero-order valence-corrected chi connectivity index (χ0v) is 12.1. The molecule has 0 saturated carbocycles. The number of hydrogen-bond acceptors (Lipinski definition) is 5. The summed E-state index contributed by atoms with van der Waals surface area (Å²) in [5.41, 5.74) is 7.65. The van der Waals surface area contributed by atoms with Crippen molar-refractivity contribution in [1.29, 1.82) is 0 Å². The summed E-state index contributed by atoms with van der Waals surface area (Å²) < 4.78 is 1.80. The standard InChI is InChI=1S/C12H12ClN5S/c1-6-10(13)7(2)18(17-6)5-9-15-11(14)8-3-4-19-12(8)16-9/h3-4H,5H2,1-2H3,(H2,14,15,16). The summed E-state index contributed by atoms with van der Waals surface area (Å²) in [6.45, 7) is 4.27. The quantitative estimate of drug-likeness (QED) is 0.789. The van der Waals surface area contributed by atoms with Crippen LogP contribution in [0.15, 0.2) is 11.4 Å². The normalized spacial score (nSPS) is 11.3. The van der Waals surface area contributed by atoms with Crippen LogP contribution in [0.1, 0.15) is 17.2 Å². The van der Waals surface area contributed by atoms with Crippen LogP contribution in [0, 0.1) is 13.8 Å². The molecule has 0 fully saturated rings. The van der Waals surface area contributed by atoms with E-state index in [4.69, 9.17) is 17.3 Å². The average Bonchev–Trinajstić information content (AvgIpc) is 2.92. The number of nitrogen functional groups attached to an aromatic ring is 1. The molecule has 0 atom stereocenters. The second-order valence-corrected chi connectivity index (χ2v) is 5.58. The summed E-state index contributed by atoms with van der Waals surface area (Å²) >= 11 is 7.68. The molecule has 98 valence electrons. The van der Waals surface area contributed by atoms with E-state index in [1.807, 2.05) is 25.3 Å². The molecule has 0 spiro atoms.